The number of nitrogens with zero attached hydrogens (tertiary/aromatic N) is 3. The highest BCUT2D eigenvalue weighted by Gasteiger charge is 2.21. The summed E-state index contributed by atoms with van der Waals surface area (Å²) in [7, 11) is 0. The number of carbonyl (C=O) groups is 2. The van der Waals surface area contributed by atoms with Crippen molar-refractivity contribution in [1.29, 1.82) is 0 Å². The summed E-state index contributed by atoms with van der Waals surface area (Å²) in [6.45, 7) is 1.16. The summed E-state index contributed by atoms with van der Waals surface area (Å²) < 4.78 is 2.10. The highest BCUT2D eigenvalue weighted by Crippen LogP contribution is 2.03. The maximum absolute atomic E-state index is 12.6. The minimum Gasteiger partial charge on any atom is -0.273 e. The predicted molar refractivity (Wildman–Crippen MR) is 90.7 cm³/mol. The average Bonchev–Trinajstić information content (AvgIpc) is 2.88. The number of benzene rings is 2. The van der Waals surface area contributed by atoms with Crippen molar-refractivity contribution in [3.05, 3.63) is 87.2 Å². The van der Waals surface area contributed by atoms with Crippen LogP contribution in [0.1, 0.15) is 22.1 Å². The fraction of sp³-hybridized carbons (Fsp3) is 0.0588. The molecule has 8 nitrogen and oxygen atoms in total. The van der Waals surface area contributed by atoms with Crippen LogP contribution in [-0.2, 0) is 0 Å². The van der Waals surface area contributed by atoms with Gasteiger partial charge in [-0.15, -0.1) is 4.68 Å². The van der Waals surface area contributed by atoms with Crippen molar-refractivity contribution in [2.75, 3.05) is 5.43 Å². The first-order valence-electron chi connectivity index (χ1n) is 7.40. The van der Waals surface area contributed by atoms with E-state index in [9.17, 15) is 19.2 Å². The fourth-order valence-electron chi connectivity index (χ4n) is 2.36. The van der Waals surface area contributed by atoms with E-state index >= 15 is 0 Å². The molecule has 0 bridgehead atoms. The monoisotopic (exact) mass is 338 g/mol. The van der Waals surface area contributed by atoms with E-state index in [1.807, 2.05) is 0 Å². The predicted octanol–water partition coefficient (Wildman–Crippen LogP) is 0.845. The minimum absolute atomic E-state index is 0.274. The number of carbonyl (C=O) groups excluding carboxylic acids is 2. The molecule has 0 saturated carbocycles. The molecule has 25 heavy (non-hydrogen) atoms. The number of nitrogens with one attached hydrogen (secondary N) is 1. The highest BCUT2D eigenvalue weighted by atomic mass is 16.2. The third-order valence-electron chi connectivity index (χ3n) is 3.49. The van der Waals surface area contributed by atoms with Crippen LogP contribution in [0.4, 0.5) is 0 Å². The number of aromatic nitrogens is 3. The molecule has 1 heterocycles. The molecule has 3 rings (SSSR count). The van der Waals surface area contributed by atoms with Gasteiger partial charge >= 0.3 is 11.4 Å². The second-order valence-electron chi connectivity index (χ2n) is 5.19. The van der Waals surface area contributed by atoms with E-state index in [-0.39, 0.29) is 5.56 Å². The zero-order valence-electron chi connectivity index (χ0n) is 13.2. The molecule has 2 aromatic carbocycles. The molecule has 8 heteroatoms. The third kappa shape index (κ3) is 2.92. The number of hydrogen-bond acceptors (Lipinski definition) is 4. The van der Waals surface area contributed by atoms with Crippen molar-refractivity contribution >= 4 is 11.8 Å². The molecule has 0 aliphatic carbocycles. The molecule has 0 fully saturated rings. The van der Waals surface area contributed by atoms with Crippen molar-refractivity contribution in [2.45, 2.75) is 6.92 Å². The summed E-state index contributed by atoms with van der Waals surface area (Å²) in [6, 6.07) is 16.3. The van der Waals surface area contributed by atoms with Crippen molar-refractivity contribution in [3.63, 3.8) is 0 Å². The summed E-state index contributed by atoms with van der Waals surface area (Å²) in [5, 5.41) is 0. The quantitative estimate of drug-likeness (QED) is 0.766. The first-order chi connectivity index (χ1) is 12.0. The lowest BCUT2D eigenvalue weighted by molar-refractivity contribution is 0.0904. The second-order valence-corrected chi connectivity index (χ2v) is 5.19. The van der Waals surface area contributed by atoms with Gasteiger partial charge in [0.2, 0.25) is 5.91 Å². The normalized spacial score (nSPS) is 10.4. The summed E-state index contributed by atoms with van der Waals surface area (Å²) in [6.07, 6.45) is 0. The van der Waals surface area contributed by atoms with Crippen molar-refractivity contribution in [2.24, 2.45) is 0 Å². The molecule has 0 atom stereocenters. The third-order valence-corrected chi connectivity index (χ3v) is 3.49. The molecule has 1 N–H and O–H groups in total. The van der Waals surface area contributed by atoms with Gasteiger partial charge in [0, 0.05) is 12.5 Å². The Morgan fingerprint density at radius 2 is 1.40 bits per heavy atom. The van der Waals surface area contributed by atoms with Gasteiger partial charge < -0.3 is 0 Å². The first kappa shape index (κ1) is 16.2. The smallest absolute Gasteiger partial charge is 0.273 e. The molecule has 0 spiro atoms. The SMILES string of the molecule is CC(=O)n1c(=O)n(NC(=O)c2ccccc2)c(=O)n1-c1ccccc1. The Balaban J connectivity index is 2.13. The number of amides is 1. The first-order valence-corrected chi connectivity index (χ1v) is 7.40. The van der Waals surface area contributed by atoms with Crippen LogP contribution >= 0.6 is 0 Å². The molecule has 3 aromatic rings. The maximum Gasteiger partial charge on any atom is 0.374 e. The van der Waals surface area contributed by atoms with Gasteiger partial charge in [0.25, 0.3) is 5.91 Å². The Hall–Kier alpha value is -3.68. The van der Waals surface area contributed by atoms with Crippen molar-refractivity contribution in [3.8, 4) is 5.69 Å². The molecule has 0 unspecified atom stereocenters. The Morgan fingerprint density at radius 3 is 1.96 bits per heavy atom. The van der Waals surface area contributed by atoms with Crippen LogP contribution in [0.2, 0.25) is 0 Å². The minimum atomic E-state index is -0.953. The fourth-order valence-corrected chi connectivity index (χ4v) is 2.36. The Kier molecular flexibility index (Phi) is 4.17. The molecule has 1 aromatic heterocycles. The van der Waals surface area contributed by atoms with Gasteiger partial charge in [0.15, 0.2) is 0 Å². The highest BCUT2D eigenvalue weighted by molar-refractivity contribution is 5.99. The van der Waals surface area contributed by atoms with Crippen LogP contribution in [0.25, 0.3) is 5.69 Å². The van der Waals surface area contributed by atoms with E-state index in [2.05, 4.69) is 5.43 Å². The number of rotatable bonds is 3. The van der Waals surface area contributed by atoms with Crippen LogP contribution in [-0.4, -0.2) is 25.9 Å². The molecule has 126 valence electrons. The molecular weight excluding hydrogens is 324 g/mol. The van der Waals surface area contributed by atoms with E-state index < -0.39 is 23.2 Å². The second kappa shape index (κ2) is 6.44. The zero-order valence-corrected chi connectivity index (χ0v) is 13.2. The lowest BCUT2D eigenvalue weighted by atomic mass is 10.2. The molecular formula is C17H14N4O4. The van der Waals surface area contributed by atoms with Crippen LogP contribution in [0.5, 0.6) is 0 Å². The average molecular weight is 338 g/mol. The van der Waals surface area contributed by atoms with Gasteiger partial charge in [-0.05, 0) is 24.3 Å². The standard InChI is InChI=1S/C17H14N4O4/c1-12(22)20-16(24)19(18-15(23)13-8-4-2-5-9-13)17(25)21(20)14-10-6-3-7-11-14/h2-11H,1H3,(H,18,23). The zero-order chi connectivity index (χ0) is 18.0. The van der Waals surface area contributed by atoms with Crippen LogP contribution in [0, 0.1) is 0 Å². The summed E-state index contributed by atoms with van der Waals surface area (Å²) in [4.78, 5) is 49.2. The van der Waals surface area contributed by atoms with E-state index in [1.54, 1.807) is 48.5 Å². The maximum atomic E-state index is 12.6. The Morgan fingerprint density at radius 1 is 0.840 bits per heavy atom. The van der Waals surface area contributed by atoms with Crippen LogP contribution in [0.3, 0.4) is 0 Å². The summed E-state index contributed by atoms with van der Waals surface area (Å²) >= 11 is 0. The summed E-state index contributed by atoms with van der Waals surface area (Å²) in [5.74, 6) is -1.29. The van der Waals surface area contributed by atoms with Gasteiger partial charge in [0.05, 0.1) is 5.69 Å². The van der Waals surface area contributed by atoms with Gasteiger partial charge in [-0.3, -0.25) is 15.0 Å². The van der Waals surface area contributed by atoms with Gasteiger partial charge in [-0.2, -0.15) is 9.36 Å². The van der Waals surface area contributed by atoms with Crippen LogP contribution in [0.15, 0.2) is 70.3 Å². The van der Waals surface area contributed by atoms with Crippen molar-refractivity contribution < 1.29 is 9.59 Å². The largest absolute Gasteiger partial charge is 0.374 e. The Labute approximate surface area is 141 Å². The van der Waals surface area contributed by atoms with Crippen molar-refractivity contribution in [1.82, 2.24) is 14.0 Å². The van der Waals surface area contributed by atoms with E-state index in [1.165, 1.54) is 12.1 Å². The van der Waals surface area contributed by atoms with E-state index in [0.717, 1.165) is 11.6 Å². The number of hydrogen-bond donors (Lipinski definition) is 1. The van der Waals surface area contributed by atoms with Crippen LogP contribution < -0.4 is 16.8 Å². The lowest BCUT2D eigenvalue weighted by Gasteiger charge is -2.05. The molecule has 0 radical (unpaired) electrons. The topological polar surface area (TPSA) is 95.1 Å². The van der Waals surface area contributed by atoms with Gasteiger partial charge in [-0.25, -0.2) is 9.59 Å². The Bertz CT molecular complexity index is 1050. The van der Waals surface area contributed by atoms with Gasteiger partial charge in [-0.1, -0.05) is 36.4 Å². The lowest BCUT2D eigenvalue weighted by Crippen LogP contribution is -2.40. The van der Waals surface area contributed by atoms with E-state index in [0.29, 0.717) is 15.0 Å². The molecule has 0 saturated heterocycles. The van der Waals surface area contributed by atoms with Gasteiger partial charge in [0.1, 0.15) is 0 Å². The van der Waals surface area contributed by atoms with E-state index in [4.69, 9.17) is 0 Å². The molecule has 1 amide bonds. The molecule has 0 aliphatic rings. The molecule has 0 aliphatic heterocycles. The number of para-hydroxylation sites is 1. The summed E-state index contributed by atoms with van der Waals surface area (Å²) in [5.41, 5.74) is 1.03.